The number of hydrogen-bond donors (Lipinski definition) is 3. The zero-order chi connectivity index (χ0) is 27.9. The van der Waals surface area contributed by atoms with E-state index in [2.05, 4.69) is 20.6 Å². The van der Waals surface area contributed by atoms with Crippen LogP contribution in [0.3, 0.4) is 0 Å². The Morgan fingerprint density at radius 3 is 2.46 bits per heavy atom. The molecule has 4 N–H and O–H groups in total. The predicted octanol–water partition coefficient (Wildman–Crippen LogP) is 1.27. The van der Waals surface area contributed by atoms with Crippen LogP contribution < -0.4 is 30.7 Å². The van der Waals surface area contributed by atoms with Crippen LogP contribution in [0.4, 0.5) is 16.6 Å². The number of methoxy groups -OCH3 is 2. The molecule has 206 valence electrons. The van der Waals surface area contributed by atoms with Gasteiger partial charge in [-0.1, -0.05) is 30.3 Å². The monoisotopic (exact) mass is 537 g/mol. The molecule has 0 bridgehead atoms. The number of carbonyl (C=O) groups excluding carboxylic acids is 3. The number of nitrogens with one attached hydrogen (secondary N) is 2. The van der Waals surface area contributed by atoms with Crippen molar-refractivity contribution in [3.05, 3.63) is 48.0 Å². The molecule has 0 saturated carbocycles. The fraction of sp³-hybridized carbons (Fsp3) is 0.346. The zero-order valence-corrected chi connectivity index (χ0v) is 22.0. The third-order valence-electron chi connectivity index (χ3n) is 6.23. The molecule has 0 radical (unpaired) electrons. The Morgan fingerprint density at radius 1 is 1.05 bits per heavy atom. The lowest BCUT2D eigenvalue weighted by molar-refractivity contribution is -0.131. The van der Waals surface area contributed by atoms with E-state index in [1.165, 1.54) is 21.1 Å². The molecule has 1 aliphatic heterocycles. The lowest BCUT2D eigenvalue weighted by Gasteiger charge is -2.41. The van der Waals surface area contributed by atoms with Gasteiger partial charge in [0.25, 0.3) is 0 Å². The molecule has 2 aromatic carbocycles. The first-order valence-electron chi connectivity index (χ1n) is 12.2. The molecule has 1 aromatic heterocycles. The van der Waals surface area contributed by atoms with Gasteiger partial charge in [0.15, 0.2) is 11.5 Å². The second kappa shape index (κ2) is 12.2. The maximum atomic E-state index is 12.8. The lowest BCUT2D eigenvalue weighted by Crippen LogP contribution is -2.62. The second-order valence-electron chi connectivity index (χ2n) is 8.79. The topological polar surface area (TPSA) is 161 Å². The minimum absolute atomic E-state index is 0.0790. The first-order chi connectivity index (χ1) is 18.8. The first-order valence-corrected chi connectivity index (χ1v) is 12.2. The standard InChI is InChI=1S/C26H31N7O6/c1-16(34)32-9-10-33(25-29-19-12-21(38-3)20(37-2)11-18(19)24(27)31-25)22(14-32)30-23(35)13-28-26(36)39-15-17-7-5-4-6-8-17/h4-8,11-12,22H,9-10,13-15H2,1-3H3,(H,28,36)(H,30,35)(H2,27,29,31). The summed E-state index contributed by atoms with van der Waals surface area (Å²) in [6.07, 6.45) is -1.40. The largest absolute Gasteiger partial charge is 0.493 e. The molecule has 2 heterocycles. The van der Waals surface area contributed by atoms with Gasteiger partial charge in [-0.15, -0.1) is 0 Å². The Balaban J connectivity index is 1.48. The molecular weight excluding hydrogens is 506 g/mol. The normalized spacial score (nSPS) is 15.0. The van der Waals surface area contributed by atoms with E-state index in [9.17, 15) is 14.4 Å². The van der Waals surface area contributed by atoms with E-state index in [1.807, 2.05) is 30.3 Å². The number of nitrogen functional groups attached to an aromatic ring is 1. The van der Waals surface area contributed by atoms with Gasteiger partial charge in [-0.25, -0.2) is 9.78 Å². The van der Waals surface area contributed by atoms with Gasteiger partial charge in [0.1, 0.15) is 25.1 Å². The first kappa shape index (κ1) is 27.2. The number of nitrogens with zero attached hydrogens (tertiary/aromatic N) is 4. The Bertz CT molecular complexity index is 1350. The number of fused-ring (bicyclic) bond motifs is 1. The Morgan fingerprint density at radius 2 is 1.77 bits per heavy atom. The van der Waals surface area contributed by atoms with Crippen LogP contribution in [0.25, 0.3) is 10.9 Å². The molecule has 1 atom stereocenters. The van der Waals surface area contributed by atoms with Gasteiger partial charge in [0, 0.05) is 31.5 Å². The van der Waals surface area contributed by atoms with Crippen molar-refractivity contribution in [3.63, 3.8) is 0 Å². The van der Waals surface area contributed by atoms with E-state index in [4.69, 9.17) is 19.9 Å². The van der Waals surface area contributed by atoms with E-state index >= 15 is 0 Å². The predicted molar refractivity (Wildman–Crippen MR) is 143 cm³/mol. The number of carbonyl (C=O) groups is 3. The lowest BCUT2D eigenvalue weighted by atomic mass is 10.2. The third kappa shape index (κ3) is 6.55. The molecule has 39 heavy (non-hydrogen) atoms. The maximum absolute atomic E-state index is 12.8. The number of piperazine rings is 1. The highest BCUT2D eigenvalue weighted by Crippen LogP contribution is 2.34. The SMILES string of the molecule is COc1cc2nc(N3CCN(C(C)=O)CC3NC(=O)CNC(=O)OCc3ccccc3)nc(N)c2cc1OC. The Labute approximate surface area is 225 Å². The van der Waals surface area contributed by atoms with E-state index < -0.39 is 18.2 Å². The summed E-state index contributed by atoms with van der Waals surface area (Å²) in [7, 11) is 3.04. The smallest absolute Gasteiger partial charge is 0.407 e. The minimum Gasteiger partial charge on any atom is -0.493 e. The van der Waals surface area contributed by atoms with Crippen LogP contribution in [0.5, 0.6) is 11.5 Å². The molecular formula is C26H31N7O6. The molecule has 13 nitrogen and oxygen atoms in total. The quantitative estimate of drug-likeness (QED) is 0.382. The highest BCUT2D eigenvalue weighted by atomic mass is 16.5. The number of benzene rings is 2. The summed E-state index contributed by atoms with van der Waals surface area (Å²) in [5.41, 5.74) is 7.61. The summed E-state index contributed by atoms with van der Waals surface area (Å²) in [6.45, 7) is 2.15. The van der Waals surface area contributed by atoms with Gasteiger partial charge >= 0.3 is 6.09 Å². The van der Waals surface area contributed by atoms with Crippen LogP contribution in [-0.2, 0) is 20.9 Å². The summed E-state index contributed by atoms with van der Waals surface area (Å²) in [5.74, 6) is 0.849. The van der Waals surface area contributed by atoms with Gasteiger partial charge in [0.05, 0.1) is 26.3 Å². The van der Waals surface area contributed by atoms with E-state index in [1.54, 1.807) is 21.9 Å². The van der Waals surface area contributed by atoms with Crippen LogP contribution in [-0.4, -0.2) is 79.3 Å². The Kier molecular flexibility index (Phi) is 8.49. The second-order valence-corrected chi connectivity index (χ2v) is 8.79. The van der Waals surface area contributed by atoms with Gasteiger partial charge in [-0.2, -0.15) is 4.98 Å². The summed E-state index contributed by atoms with van der Waals surface area (Å²) in [5, 5.41) is 5.87. The van der Waals surface area contributed by atoms with Gasteiger partial charge in [-0.3, -0.25) is 9.59 Å². The van der Waals surface area contributed by atoms with Crippen molar-refractivity contribution in [1.82, 2.24) is 25.5 Å². The molecule has 4 rings (SSSR count). The third-order valence-corrected chi connectivity index (χ3v) is 6.23. The van der Waals surface area contributed by atoms with Gasteiger partial charge in [-0.05, 0) is 11.6 Å². The summed E-state index contributed by atoms with van der Waals surface area (Å²) < 4.78 is 15.9. The number of hydrogen-bond acceptors (Lipinski definition) is 10. The fourth-order valence-corrected chi connectivity index (χ4v) is 4.19. The van der Waals surface area contributed by atoms with Crippen molar-refractivity contribution in [3.8, 4) is 11.5 Å². The van der Waals surface area contributed by atoms with Crippen molar-refractivity contribution in [2.24, 2.45) is 0 Å². The van der Waals surface area contributed by atoms with Crippen molar-refractivity contribution >= 4 is 40.6 Å². The molecule has 13 heteroatoms. The van der Waals surface area contributed by atoms with Crippen molar-refractivity contribution < 1.29 is 28.6 Å². The highest BCUT2D eigenvalue weighted by Gasteiger charge is 2.32. The van der Waals surface area contributed by atoms with Crippen molar-refractivity contribution in [1.29, 1.82) is 0 Å². The van der Waals surface area contributed by atoms with Crippen LogP contribution in [0.2, 0.25) is 0 Å². The molecule has 3 amide bonds. The molecule has 1 aliphatic rings. The summed E-state index contributed by atoms with van der Waals surface area (Å²) in [6, 6.07) is 12.6. The summed E-state index contributed by atoms with van der Waals surface area (Å²) >= 11 is 0. The van der Waals surface area contributed by atoms with Crippen LogP contribution >= 0.6 is 0 Å². The number of anilines is 2. The molecule has 0 spiro atoms. The molecule has 3 aromatic rings. The van der Waals surface area contributed by atoms with Crippen LogP contribution in [0.1, 0.15) is 12.5 Å². The average molecular weight is 538 g/mol. The number of nitrogens with two attached hydrogens (primary N) is 1. The molecule has 0 aliphatic carbocycles. The van der Waals surface area contributed by atoms with Crippen molar-refractivity contribution in [2.75, 3.05) is 51.0 Å². The van der Waals surface area contributed by atoms with Crippen molar-refractivity contribution in [2.45, 2.75) is 19.7 Å². The van der Waals surface area contributed by atoms with Gasteiger partial charge in [0.2, 0.25) is 17.8 Å². The van der Waals surface area contributed by atoms with E-state index in [-0.39, 0.29) is 37.4 Å². The average Bonchev–Trinajstić information content (AvgIpc) is 2.94. The number of alkyl carbamates (subject to hydrolysis) is 1. The molecule has 1 saturated heterocycles. The Hall–Kier alpha value is -4.81. The molecule has 1 unspecified atom stereocenters. The van der Waals surface area contributed by atoms with Crippen LogP contribution in [0.15, 0.2) is 42.5 Å². The molecule has 1 fully saturated rings. The minimum atomic E-state index is -0.727. The number of rotatable bonds is 8. The van der Waals surface area contributed by atoms with E-state index in [0.717, 1.165) is 5.56 Å². The highest BCUT2D eigenvalue weighted by molar-refractivity contribution is 5.92. The summed E-state index contributed by atoms with van der Waals surface area (Å²) in [4.78, 5) is 49.4. The zero-order valence-electron chi connectivity index (χ0n) is 22.0. The number of amides is 3. The van der Waals surface area contributed by atoms with Crippen LogP contribution in [0, 0.1) is 0 Å². The maximum Gasteiger partial charge on any atom is 0.407 e. The number of aromatic nitrogens is 2. The van der Waals surface area contributed by atoms with E-state index in [0.29, 0.717) is 35.5 Å². The fourth-order valence-electron chi connectivity index (χ4n) is 4.19. The van der Waals surface area contributed by atoms with Gasteiger partial charge < -0.3 is 40.4 Å². The number of ether oxygens (including phenoxy) is 3.